The number of hydrogen-bond acceptors (Lipinski definition) is 7. The Labute approximate surface area is 205 Å². The van der Waals surface area contributed by atoms with Gasteiger partial charge in [-0.15, -0.1) is 0 Å². The monoisotopic (exact) mass is 499 g/mol. The maximum Gasteiger partial charge on any atom is 0.387 e. The van der Waals surface area contributed by atoms with Crippen molar-refractivity contribution in [3.63, 3.8) is 0 Å². The summed E-state index contributed by atoms with van der Waals surface area (Å²) in [7, 11) is 0. The second-order valence-corrected chi connectivity index (χ2v) is 7.80. The van der Waals surface area contributed by atoms with Gasteiger partial charge in [-0.2, -0.15) is 8.78 Å². The van der Waals surface area contributed by atoms with Crippen molar-refractivity contribution in [1.29, 1.82) is 0 Å². The summed E-state index contributed by atoms with van der Waals surface area (Å²) in [5.41, 5.74) is 1.16. The van der Waals surface area contributed by atoms with Gasteiger partial charge in [0.25, 0.3) is 11.8 Å². The smallest absolute Gasteiger partial charge is 0.387 e. The Kier molecular flexibility index (Phi) is 7.79. The van der Waals surface area contributed by atoms with Gasteiger partial charge in [0.2, 0.25) is 0 Å². The van der Waals surface area contributed by atoms with Gasteiger partial charge in [-0.05, 0) is 48.5 Å². The molecule has 0 aliphatic carbocycles. The number of ether oxygens (including phenoxy) is 2. The number of halogens is 2. The van der Waals surface area contributed by atoms with Gasteiger partial charge >= 0.3 is 12.6 Å². The number of carbonyl (C=O) groups is 3. The number of hydrogen-bond donors (Lipinski definition) is 1. The third-order valence-electron chi connectivity index (χ3n) is 5.48. The van der Waals surface area contributed by atoms with E-state index >= 15 is 0 Å². The maximum absolute atomic E-state index is 12.7. The van der Waals surface area contributed by atoms with E-state index in [1.165, 1.54) is 35.4 Å². The summed E-state index contributed by atoms with van der Waals surface area (Å²) in [4.78, 5) is 40.7. The number of piperazine rings is 1. The van der Waals surface area contributed by atoms with E-state index in [1.54, 1.807) is 41.3 Å². The van der Waals surface area contributed by atoms with E-state index in [9.17, 15) is 23.2 Å². The van der Waals surface area contributed by atoms with Gasteiger partial charge < -0.3 is 29.0 Å². The number of esters is 1. The molecule has 3 aromatic rings. The Bertz CT molecular complexity index is 1190. The number of para-hydroxylation sites is 1. The average molecular weight is 499 g/mol. The lowest BCUT2D eigenvalue weighted by atomic mass is 10.1. The molecule has 0 spiro atoms. The van der Waals surface area contributed by atoms with E-state index in [4.69, 9.17) is 9.15 Å². The molecule has 0 bridgehead atoms. The van der Waals surface area contributed by atoms with Crippen LogP contribution in [0, 0.1) is 0 Å². The Morgan fingerprint density at radius 2 is 1.61 bits per heavy atom. The first-order valence-electron chi connectivity index (χ1n) is 11.1. The van der Waals surface area contributed by atoms with Crippen molar-refractivity contribution in [2.45, 2.75) is 6.61 Å². The van der Waals surface area contributed by atoms with Crippen molar-refractivity contribution in [3.8, 4) is 5.75 Å². The van der Waals surface area contributed by atoms with Crippen molar-refractivity contribution in [3.05, 3.63) is 78.3 Å². The lowest BCUT2D eigenvalue weighted by Gasteiger charge is -2.34. The highest BCUT2D eigenvalue weighted by Gasteiger charge is 2.26. The summed E-state index contributed by atoms with van der Waals surface area (Å²) >= 11 is 0. The minimum atomic E-state index is -2.92. The van der Waals surface area contributed by atoms with Crippen LogP contribution < -0.4 is 10.1 Å². The molecule has 0 unspecified atom stereocenters. The fourth-order valence-corrected chi connectivity index (χ4v) is 3.66. The van der Waals surface area contributed by atoms with Crippen molar-refractivity contribution in [1.82, 2.24) is 9.80 Å². The van der Waals surface area contributed by atoms with Crippen LogP contribution in [0.4, 0.5) is 20.2 Å². The zero-order valence-corrected chi connectivity index (χ0v) is 19.1. The standard InChI is InChI=1S/C25H23F2N3O6/c26-25(27)36-18-9-7-17(8-10-18)28-20-5-2-1-4-19(20)24(33)35-16-22(31)29-11-13-30(14-12-29)23(32)21-6-3-15-34-21/h1-10,15,25,28H,11-14,16H2. The summed E-state index contributed by atoms with van der Waals surface area (Å²) in [6.45, 7) is -2.06. The van der Waals surface area contributed by atoms with Crippen molar-refractivity contribution in [2.24, 2.45) is 0 Å². The van der Waals surface area contributed by atoms with Gasteiger partial charge in [-0.3, -0.25) is 9.59 Å². The van der Waals surface area contributed by atoms with E-state index in [0.29, 0.717) is 37.6 Å². The van der Waals surface area contributed by atoms with E-state index < -0.39 is 19.2 Å². The lowest BCUT2D eigenvalue weighted by molar-refractivity contribution is -0.136. The average Bonchev–Trinajstić information content (AvgIpc) is 3.43. The predicted molar refractivity (Wildman–Crippen MR) is 124 cm³/mol. The second kappa shape index (κ2) is 11.3. The van der Waals surface area contributed by atoms with Crippen LogP contribution in [0.15, 0.2) is 71.3 Å². The molecule has 1 aliphatic rings. The molecular weight excluding hydrogens is 476 g/mol. The first kappa shape index (κ1) is 24.7. The second-order valence-electron chi connectivity index (χ2n) is 7.80. The van der Waals surface area contributed by atoms with Crippen LogP contribution in [0.3, 0.4) is 0 Å². The van der Waals surface area contributed by atoms with Crippen LogP contribution in [0.2, 0.25) is 0 Å². The van der Waals surface area contributed by atoms with E-state index in [-0.39, 0.29) is 28.9 Å². The fraction of sp³-hybridized carbons (Fsp3) is 0.240. The summed E-state index contributed by atoms with van der Waals surface area (Å²) < 4.78 is 39.4. The Morgan fingerprint density at radius 3 is 2.28 bits per heavy atom. The third kappa shape index (κ3) is 6.17. The van der Waals surface area contributed by atoms with Crippen LogP contribution in [-0.4, -0.2) is 67.0 Å². The molecule has 2 amide bonds. The Balaban J connectivity index is 1.29. The van der Waals surface area contributed by atoms with Crippen LogP contribution >= 0.6 is 0 Å². The number of carbonyl (C=O) groups excluding carboxylic acids is 3. The number of benzene rings is 2. The molecule has 1 aromatic heterocycles. The van der Waals surface area contributed by atoms with Gasteiger partial charge in [0.05, 0.1) is 17.5 Å². The van der Waals surface area contributed by atoms with Crippen molar-refractivity contribution < 1.29 is 37.1 Å². The molecule has 0 atom stereocenters. The number of rotatable bonds is 8. The van der Waals surface area contributed by atoms with Gasteiger partial charge in [0, 0.05) is 31.9 Å². The third-order valence-corrected chi connectivity index (χ3v) is 5.48. The summed E-state index contributed by atoms with van der Waals surface area (Å²) in [5.74, 6) is -1.05. The minimum Gasteiger partial charge on any atom is -0.459 e. The number of anilines is 2. The molecule has 1 saturated heterocycles. The molecule has 9 nitrogen and oxygen atoms in total. The van der Waals surface area contributed by atoms with E-state index in [1.807, 2.05) is 0 Å². The number of amides is 2. The molecular formula is C25H23F2N3O6. The topological polar surface area (TPSA) is 101 Å². The van der Waals surface area contributed by atoms with Crippen LogP contribution in [0.5, 0.6) is 5.75 Å². The molecule has 36 heavy (non-hydrogen) atoms. The summed E-state index contributed by atoms with van der Waals surface area (Å²) in [5, 5.41) is 3.03. The lowest BCUT2D eigenvalue weighted by Crippen LogP contribution is -2.51. The van der Waals surface area contributed by atoms with E-state index in [2.05, 4.69) is 10.1 Å². The molecule has 2 aromatic carbocycles. The summed E-state index contributed by atoms with van der Waals surface area (Å²) in [6, 6.07) is 15.6. The number of alkyl halides is 2. The van der Waals surface area contributed by atoms with Crippen LogP contribution in [0.1, 0.15) is 20.9 Å². The first-order chi connectivity index (χ1) is 17.4. The quantitative estimate of drug-likeness (QED) is 0.471. The van der Waals surface area contributed by atoms with Gasteiger partial charge in [0.15, 0.2) is 12.4 Å². The first-order valence-corrected chi connectivity index (χ1v) is 11.1. The zero-order valence-electron chi connectivity index (χ0n) is 19.1. The highest BCUT2D eigenvalue weighted by molar-refractivity contribution is 5.97. The van der Waals surface area contributed by atoms with Gasteiger partial charge in [-0.25, -0.2) is 4.79 Å². The SMILES string of the molecule is O=C(OCC(=O)N1CCN(C(=O)c2ccco2)CC1)c1ccccc1Nc1ccc(OC(F)F)cc1. The number of nitrogens with one attached hydrogen (secondary N) is 1. The Morgan fingerprint density at radius 1 is 0.917 bits per heavy atom. The number of furan rings is 1. The fourth-order valence-electron chi connectivity index (χ4n) is 3.66. The highest BCUT2D eigenvalue weighted by Crippen LogP contribution is 2.24. The van der Waals surface area contributed by atoms with E-state index in [0.717, 1.165) is 0 Å². The van der Waals surface area contributed by atoms with Crippen LogP contribution in [0.25, 0.3) is 0 Å². The van der Waals surface area contributed by atoms with Crippen LogP contribution in [-0.2, 0) is 9.53 Å². The Hall–Kier alpha value is -4.41. The maximum atomic E-state index is 12.7. The molecule has 0 saturated carbocycles. The van der Waals surface area contributed by atoms with Gasteiger partial charge in [-0.1, -0.05) is 12.1 Å². The minimum absolute atomic E-state index is 0.00734. The largest absolute Gasteiger partial charge is 0.459 e. The summed E-state index contributed by atoms with van der Waals surface area (Å²) in [6.07, 6.45) is 1.43. The number of nitrogens with zero attached hydrogens (tertiary/aromatic N) is 2. The van der Waals surface area contributed by atoms with Crippen molar-refractivity contribution >= 4 is 29.2 Å². The molecule has 11 heteroatoms. The molecule has 1 fully saturated rings. The normalized spacial score (nSPS) is 13.4. The zero-order chi connectivity index (χ0) is 25.5. The molecule has 0 radical (unpaired) electrons. The van der Waals surface area contributed by atoms with Crippen molar-refractivity contribution in [2.75, 3.05) is 38.1 Å². The molecule has 1 aliphatic heterocycles. The predicted octanol–water partition coefficient (Wildman–Crippen LogP) is 3.77. The van der Waals surface area contributed by atoms with Gasteiger partial charge in [0.1, 0.15) is 5.75 Å². The molecule has 2 heterocycles. The molecule has 1 N–H and O–H groups in total. The highest BCUT2D eigenvalue weighted by atomic mass is 19.3. The molecule has 188 valence electrons. The molecule has 4 rings (SSSR count).